The largest absolute Gasteiger partial charge is 0.327 e. The average molecular weight is 184 g/mol. The zero-order valence-corrected chi connectivity index (χ0v) is 9.13. The summed E-state index contributed by atoms with van der Waals surface area (Å²) in [6.45, 7) is 8.12. The van der Waals surface area contributed by atoms with Gasteiger partial charge < -0.3 is 10.6 Å². The summed E-state index contributed by atoms with van der Waals surface area (Å²) in [7, 11) is 0. The van der Waals surface area contributed by atoms with Gasteiger partial charge in [0.25, 0.3) is 0 Å². The quantitative estimate of drug-likeness (QED) is 0.722. The van der Waals surface area contributed by atoms with Crippen LogP contribution in [0, 0.1) is 5.92 Å². The van der Waals surface area contributed by atoms with Gasteiger partial charge in [-0.1, -0.05) is 20.3 Å². The maximum atomic E-state index is 5.93. The molecule has 1 atom stereocenters. The minimum Gasteiger partial charge on any atom is -0.327 e. The molecule has 2 heteroatoms. The lowest BCUT2D eigenvalue weighted by molar-refractivity contribution is 0.172. The Hall–Kier alpha value is -0.0800. The number of hydrogen-bond acceptors (Lipinski definition) is 2. The molecule has 2 nitrogen and oxygen atoms in total. The minimum absolute atomic E-state index is 0.387. The Labute approximate surface area is 82.5 Å². The normalized spacial score (nSPS) is 23.3. The van der Waals surface area contributed by atoms with Crippen molar-refractivity contribution in [3.05, 3.63) is 0 Å². The predicted octanol–water partition coefficient (Wildman–Crippen LogP) is 1.85. The highest BCUT2D eigenvalue weighted by Gasteiger charge is 2.18. The Morgan fingerprint density at radius 2 is 1.92 bits per heavy atom. The van der Waals surface area contributed by atoms with E-state index in [9.17, 15) is 0 Å². The lowest BCUT2D eigenvalue weighted by Crippen LogP contribution is -2.41. The molecule has 0 aliphatic carbocycles. The van der Waals surface area contributed by atoms with Crippen molar-refractivity contribution in [1.29, 1.82) is 0 Å². The van der Waals surface area contributed by atoms with Gasteiger partial charge in [-0.15, -0.1) is 0 Å². The highest BCUT2D eigenvalue weighted by molar-refractivity contribution is 4.74. The average Bonchev–Trinajstić information content (AvgIpc) is 2.19. The molecule has 0 aromatic rings. The first kappa shape index (κ1) is 11.0. The van der Waals surface area contributed by atoms with E-state index >= 15 is 0 Å². The fourth-order valence-corrected chi connectivity index (χ4v) is 2.04. The van der Waals surface area contributed by atoms with Gasteiger partial charge in [0, 0.05) is 12.6 Å². The molecule has 0 spiro atoms. The molecular formula is C11H24N2. The molecule has 1 rings (SSSR count). The smallest absolute Gasteiger partial charge is 0.0165 e. The van der Waals surface area contributed by atoms with Gasteiger partial charge in [0.1, 0.15) is 0 Å². The first-order valence-corrected chi connectivity index (χ1v) is 5.74. The molecule has 0 radical (unpaired) electrons. The number of rotatable bonds is 4. The van der Waals surface area contributed by atoms with Crippen molar-refractivity contribution in [2.75, 3.05) is 19.6 Å². The van der Waals surface area contributed by atoms with E-state index in [1.54, 1.807) is 0 Å². The highest BCUT2D eigenvalue weighted by atomic mass is 15.1. The molecule has 0 bridgehead atoms. The van der Waals surface area contributed by atoms with Gasteiger partial charge in [0.05, 0.1) is 0 Å². The van der Waals surface area contributed by atoms with E-state index in [-0.39, 0.29) is 0 Å². The van der Waals surface area contributed by atoms with Crippen molar-refractivity contribution in [2.45, 2.75) is 45.6 Å². The van der Waals surface area contributed by atoms with Crippen molar-refractivity contribution < 1.29 is 0 Å². The van der Waals surface area contributed by atoms with E-state index in [1.807, 2.05) is 0 Å². The summed E-state index contributed by atoms with van der Waals surface area (Å²) in [5, 5.41) is 0. The Morgan fingerprint density at radius 3 is 2.38 bits per heavy atom. The van der Waals surface area contributed by atoms with E-state index in [4.69, 9.17) is 5.73 Å². The first-order chi connectivity index (χ1) is 6.26. The Morgan fingerprint density at radius 1 is 1.31 bits per heavy atom. The van der Waals surface area contributed by atoms with Gasteiger partial charge in [-0.25, -0.2) is 0 Å². The van der Waals surface area contributed by atoms with Crippen LogP contribution in [0.4, 0.5) is 0 Å². The van der Waals surface area contributed by atoms with Gasteiger partial charge in [-0.3, -0.25) is 0 Å². The summed E-state index contributed by atoms with van der Waals surface area (Å²) < 4.78 is 0. The highest BCUT2D eigenvalue weighted by Crippen LogP contribution is 2.19. The van der Waals surface area contributed by atoms with Crippen LogP contribution in [0.3, 0.4) is 0 Å². The number of hydrogen-bond donors (Lipinski definition) is 1. The van der Waals surface area contributed by atoms with Gasteiger partial charge in [0.15, 0.2) is 0 Å². The molecule has 1 saturated heterocycles. The molecule has 2 N–H and O–H groups in total. The summed E-state index contributed by atoms with van der Waals surface area (Å²) in [4.78, 5) is 2.53. The summed E-state index contributed by atoms with van der Waals surface area (Å²) >= 11 is 0. The van der Waals surface area contributed by atoms with Crippen LogP contribution in [0.15, 0.2) is 0 Å². The van der Waals surface area contributed by atoms with Crippen molar-refractivity contribution in [3.63, 3.8) is 0 Å². The van der Waals surface area contributed by atoms with Crippen LogP contribution in [0.5, 0.6) is 0 Å². The van der Waals surface area contributed by atoms with E-state index in [2.05, 4.69) is 18.7 Å². The molecule has 1 heterocycles. The van der Waals surface area contributed by atoms with Crippen molar-refractivity contribution in [3.8, 4) is 0 Å². The van der Waals surface area contributed by atoms with Gasteiger partial charge in [0.2, 0.25) is 0 Å². The Bertz CT molecular complexity index is 128. The minimum atomic E-state index is 0.387. The topological polar surface area (TPSA) is 29.3 Å². The van der Waals surface area contributed by atoms with E-state index in [0.29, 0.717) is 6.04 Å². The monoisotopic (exact) mass is 184 g/mol. The predicted molar refractivity (Wildman–Crippen MR) is 57.7 cm³/mol. The van der Waals surface area contributed by atoms with Crippen LogP contribution in [-0.4, -0.2) is 30.6 Å². The summed E-state index contributed by atoms with van der Waals surface area (Å²) in [5.74, 6) is 0.981. The second-order valence-corrected chi connectivity index (χ2v) is 4.32. The molecule has 1 unspecified atom stereocenters. The third kappa shape index (κ3) is 3.65. The Kier molecular flexibility index (Phi) is 4.74. The molecule has 13 heavy (non-hydrogen) atoms. The third-order valence-corrected chi connectivity index (χ3v) is 3.30. The molecular weight excluding hydrogens is 160 g/mol. The number of likely N-dealkylation sites (tertiary alicyclic amines) is 1. The summed E-state index contributed by atoms with van der Waals surface area (Å²) in [5.41, 5.74) is 5.93. The maximum Gasteiger partial charge on any atom is 0.0165 e. The van der Waals surface area contributed by atoms with Crippen LogP contribution in [0.2, 0.25) is 0 Å². The molecule has 78 valence electrons. The fraction of sp³-hybridized carbons (Fsp3) is 1.00. The lowest BCUT2D eigenvalue weighted by Gasteiger charge is -2.32. The van der Waals surface area contributed by atoms with Crippen LogP contribution in [-0.2, 0) is 0 Å². The van der Waals surface area contributed by atoms with E-state index < -0.39 is 0 Å². The SMILES string of the molecule is CCC(N)CN1CCC(CC)CC1. The van der Waals surface area contributed by atoms with Crippen LogP contribution < -0.4 is 5.73 Å². The standard InChI is InChI=1S/C11H24N2/c1-3-10-5-7-13(8-6-10)9-11(12)4-2/h10-11H,3-9,12H2,1-2H3. The third-order valence-electron chi connectivity index (χ3n) is 3.30. The van der Waals surface area contributed by atoms with Crippen molar-refractivity contribution >= 4 is 0 Å². The molecule has 0 aromatic heterocycles. The summed E-state index contributed by atoms with van der Waals surface area (Å²) in [6.07, 6.45) is 5.22. The number of nitrogens with two attached hydrogens (primary N) is 1. The van der Waals surface area contributed by atoms with Crippen molar-refractivity contribution in [1.82, 2.24) is 4.90 Å². The molecule has 1 aliphatic rings. The molecule has 1 fully saturated rings. The van der Waals surface area contributed by atoms with E-state index in [0.717, 1.165) is 18.9 Å². The molecule has 0 saturated carbocycles. The van der Waals surface area contributed by atoms with Crippen LogP contribution in [0.1, 0.15) is 39.5 Å². The maximum absolute atomic E-state index is 5.93. The van der Waals surface area contributed by atoms with Gasteiger partial charge in [-0.05, 0) is 38.3 Å². The second kappa shape index (κ2) is 5.61. The first-order valence-electron chi connectivity index (χ1n) is 5.74. The zero-order valence-electron chi connectivity index (χ0n) is 9.13. The summed E-state index contributed by atoms with van der Waals surface area (Å²) in [6, 6.07) is 0.387. The van der Waals surface area contributed by atoms with Crippen LogP contribution in [0.25, 0.3) is 0 Å². The molecule has 0 aromatic carbocycles. The lowest BCUT2D eigenvalue weighted by atomic mass is 9.94. The van der Waals surface area contributed by atoms with Gasteiger partial charge in [-0.2, -0.15) is 0 Å². The Balaban J connectivity index is 2.17. The molecule has 1 aliphatic heterocycles. The number of piperidine rings is 1. The van der Waals surface area contributed by atoms with Gasteiger partial charge >= 0.3 is 0 Å². The van der Waals surface area contributed by atoms with Crippen LogP contribution >= 0.6 is 0 Å². The number of nitrogens with zero attached hydrogens (tertiary/aromatic N) is 1. The second-order valence-electron chi connectivity index (χ2n) is 4.32. The molecule has 0 amide bonds. The van der Waals surface area contributed by atoms with Crippen molar-refractivity contribution in [2.24, 2.45) is 11.7 Å². The van der Waals surface area contributed by atoms with E-state index in [1.165, 1.54) is 32.4 Å². The fourth-order valence-electron chi connectivity index (χ4n) is 2.04. The zero-order chi connectivity index (χ0) is 9.68.